The van der Waals surface area contributed by atoms with E-state index in [9.17, 15) is 9.36 Å². The van der Waals surface area contributed by atoms with Gasteiger partial charge in [-0.1, -0.05) is 23.3 Å². The van der Waals surface area contributed by atoms with E-state index in [1.54, 1.807) is 20.8 Å². The van der Waals surface area contributed by atoms with Crippen LogP contribution in [0.1, 0.15) is 61.3 Å². The molecular weight excluding hydrogens is 327 g/mol. The van der Waals surface area contributed by atoms with Gasteiger partial charge in [0, 0.05) is 0 Å². The molecule has 0 aliphatic carbocycles. The third kappa shape index (κ3) is 6.19. The van der Waals surface area contributed by atoms with E-state index in [1.165, 1.54) is 0 Å². The van der Waals surface area contributed by atoms with Crippen LogP contribution in [0.4, 0.5) is 0 Å². The molecule has 0 atom stereocenters. The first-order valence-electron chi connectivity index (χ1n) is 8.52. The first kappa shape index (κ1) is 23.1. The van der Waals surface area contributed by atoms with Crippen LogP contribution in [0.25, 0.3) is 0 Å². The largest absolute Gasteiger partial charge is 0.465 e. The molecule has 6 heteroatoms. The summed E-state index contributed by atoms with van der Waals surface area (Å²) in [5, 5.41) is -1.37. The Balaban J connectivity index is 6.29. The maximum absolute atomic E-state index is 13.6. The van der Waals surface area contributed by atoms with Crippen LogP contribution in [0.3, 0.4) is 0 Å². The van der Waals surface area contributed by atoms with Crippen molar-refractivity contribution in [3.63, 3.8) is 0 Å². The van der Waals surface area contributed by atoms with Crippen molar-refractivity contribution in [2.45, 2.75) is 66.5 Å². The lowest BCUT2D eigenvalue weighted by atomic mass is 9.97. The predicted octanol–water partition coefficient (Wildman–Crippen LogP) is 5.27. The minimum absolute atomic E-state index is 0.197. The molecule has 0 heterocycles. The van der Waals surface area contributed by atoms with E-state index >= 15 is 0 Å². The van der Waals surface area contributed by atoms with Gasteiger partial charge in [0.05, 0.1) is 19.8 Å². The number of hydrogen-bond acceptors (Lipinski definition) is 5. The standard InChI is InChI=1S/C18H33O5P/c1-8-21-17(19)18(13-11-15(4)5,14-12-16(6)7)24(20,22-9-2)23-10-3/h11-12H,8-10,13-14H2,1-7H3. The van der Waals surface area contributed by atoms with Crippen LogP contribution in [0.15, 0.2) is 23.3 Å². The average Bonchev–Trinajstić information content (AvgIpc) is 2.47. The zero-order valence-electron chi connectivity index (χ0n) is 16.2. The van der Waals surface area contributed by atoms with Crippen LogP contribution in [0, 0.1) is 0 Å². The predicted molar refractivity (Wildman–Crippen MR) is 98.3 cm³/mol. The fourth-order valence-corrected chi connectivity index (χ4v) is 4.39. The number of hydrogen-bond donors (Lipinski definition) is 0. The van der Waals surface area contributed by atoms with Crippen molar-refractivity contribution in [2.24, 2.45) is 0 Å². The molecule has 0 aromatic carbocycles. The minimum Gasteiger partial charge on any atom is -0.465 e. The summed E-state index contributed by atoms with van der Waals surface area (Å²) in [5.74, 6) is -0.537. The maximum Gasteiger partial charge on any atom is 0.348 e. The third-order valence-corrected chi connectivity index (χ3v) is 6.27. The van der Waals surface area contributed by atoms with Crippen molar-refractivity contribution >= 4 is 13.6 Å². The molecule has 0 fully saturated rings. The Bertz CT molecular complexity index is 470. The van der Waals surface area contributed by atoms with Gasteiger partial charge in [0.2, 0.25) is 0 Å². The number of rotatable bonds is 11. The Morgan fingerprint density at radius 1 is 0.875 bits per heavy atom. The molecule has 0 unspecified atom stereocenters. The summed E-state index contributed by atoms with van der Waals surface area (Å²) in [5.41, 5.74) is 2.06. The Kier molecular flexibility index (Phi) is 10.5. The number of esters is 1. The number of allylic oxidation sites excluding steroid dienone is 4. The first-order chi connectivity index (χ1) is 11.2. The molecule has 0 rings (SSSR count). The lowest BCUT2D eigenvalue weighted by Crippen LogP contribution is -2.41. The Labute approximate surface area is 147 Å². The first-order valence-corrected chi connectivity index (χ1v) is 10.1. The molecular formula is C18H33O5P. The highest BCUT2D eigenvalue weighted by atomic mass is 31.2. The molecule has 24 heavy (non-hydrogen) atoms. The van der Waals surface area contributed by atoms with Gasteiger partial charge in [0.1, 0.15) is 0 Å². The van der Waals surface area contributed by atoms with Crippen molar-refractivity contribution in [1.29, 1.82) is 0 Å². The van der Waals surface area contributed by atoms with Gasteiger partial charge in [0.25, 0.3) is 0 Å². The van der Waals surface area contributed by atoms with Crippen LogP contribution in [-0.4, -0.2) is 30.9 Å². The summed E-state index contributed by atoms with van der Waals surface area (Å²) in [4.78, 5) is 12.9. The highest BCUT2D eigenvalue weighted by Gasteiger charge is 2.56. The van der Waals surface area contributed by atoms with Crippen molar-refractivity contribution < 1.29 is 23.1 Å². The Hall–Kier alpha value is -0.900. The van der Waals surface area contributed by atoms with Crippen LogP contribution >= 0.6 is 7.60 Å². The van der Waals surface area contributed by atoms with Crippen molar-refractivity contribution in [3.05, 3.63) is 23.3 Å². The van der Waals surface area contributed by atoms with Crippen LogP contribution in [-0.2, 0) is 23.1 Å². The van der Waals surface area contributed by atoms with Gasteiger partial charge < -0.3 is 13.8 Å². The molecule has 0 bridgehead atoms. The number of carbonyl (C=O) groups is 1. The monoisotopic (exact) mass is 360 g/mol. The molecule has 140 valence electrons. The lowest BCUT2D eigenvalue weighted by Gasteiger charge is -2.35. The zero-order chi connectivity index (χ0) is 18.8. The zero-order valence-corrected chi connectivity index (χ0v) is 17.1. The summed E-state index contributed by atoms with van der Waals surface area (Å²) in [6.45, 7) is 13.6. The van der Waals surface area contributed by atoms with E-state index in [0.29, 0.717) is 0 Å². The summed E-state index contributed by atoms with van der Waals surface area (Å²) < 4.78 is 29.9. The fourth-order valence-electron chi connectivity index (χ4n) is 2.22. The van der Waals surface area contributed by atoms with E-state index in [-0.39, 0.29) is 32.7 Å². The molecule has 0 spiro atoms. The van der Waals surface area contributed by atoms with Crippen molar-refractivity contribution in [3.8, 4) is 0 Å². The second-order valence-corrected chi connectivity index (χ2v) is 8.42. The summed E-state index contributed by atoms with van der Waals surface area (Å²) >= 11 is 0. The fraction of sp³-hybridized carbons (Fsp3) is 0.722. The third-order valence-electron chi connectivity index (χ3n) is 3.47. The van der Waals surface area contributed by atoms with Gasteiger partial charge in [-0.15, -0.1) is 0 Å². The lowest BCUT2D eigenvalue weighted by molar-refractivity contribution is -0.147. The van der Waals surface area contributed by atoms with Gasteiger partial charge in [-0.25, -0.2) is 0 Å². The smallest absolute Gasteiger partial charge is 0.348 e. The molecule has 0 aromatic heterocycles. The van der Waals surface area contributed by atoms with Crippen LogP contribution < -0.4 is 0 Å². The second-order valence-electron chi connectivity index (χ2n) is 6.06. The molecule has 0 saturated heterocycles. The molecule has 0 aromatic rings. The summed E-state index contributed by atoms with van der Waals surface area (Å²) in [7, 11) is -3.72. The van der Waals surface area contributed by atoms with E-state index in [1.807, 2.05) is 39.8 Å². The number of carbonyl (C=O) groups excluding carboxylic acids is 1. The Morgan fingerprint density at radius 3 is 1.58 bits per heavy atom. The van der Waals surface area contributed by atoms with Gasteiger partial charge in [-0.05, 0) is 61.3 Å². The van der Waals surface area contributed by atoms with Crippen molar-refractivity contribution in [2.75, 3.05) is 19.8 Å². The van der Waals surface area contributed by atoms with E-state index in [0.717, 1.165) is 11.1 Å². The highest BCUT2D eigenvalue weighted by molar-refractivity contribution is 7.56. The molecule has 0 aliphatic heterocycles. The SMILES string of the molecule is CCOC(=O)C(CC=C(C)C)(CC=C(C)C)P(=O)(OCC)OCC. The van der Waals surface area contributed by atoms with E-state index in [4.69, 9.17) is 13.8 Å². The molecule has 0 saturated carbocycles. The molecule has 0 amide bonds. The Morgan fingerprint density at radius 2 is 1.29 bits per heavy atom. The molecule has 0 radical (unpaired) electrons. The minimum atomic E-state index is -3.72. The maximum atomic E-state index is 13.6. The van der Waals surface area contributed by atoms with E-state index < -0.39 is 18.7 Å². The van der Waals surface area contributed by atoms with Crippen LogP contribution in [0.5, 0.6) is 0 Å². The van der Waals surface area contributed by atoms with Crippen molar-refractivity contribution in [1.82, 2.24) is 0 Å². The van der Waals surface area contributed by atoms with E-state index in [2.05, 4.69) is 0 Å². The van der Waals surface area contributed by atoms with Gasteiger partial charge >= 0.3 is 13.6 Å². The molecule has 0 aliphatic rings. The quantitative estimate of drug-likeness (QED) is 0.285. The summed E-state index contributed by atoms with van der Waals surface area (Å²) in [6.07, 6.45) is 4.27. The molecule has 0 N–H and O–H groups in total. The average molecular weight is 360 g/mol. The van der Waals surface area contributed by atoms with Gasteiger partial charge in [-0.3, -0.25) is 9.36 Å². The molecule has 5 nitrogen and oxygen atoms in total. The topological polar surface area (TPSA) is 61.8 Å². The summed E-state index contributed by atoms with van der Waals surface area (Å²) in [6, 6.07) is 0. The van der Waals surface area contributed by atoms with Gasteiger partial charge in [-0.2, -0.15) is 0 Å². The highest BCUT2D eigenvalue weighted by Crippen LogP contribution is 2.64. The second kappa shape index (κ2) is 10.9. The van der Waals surface area contributed by atoms with Gasteiger partial charge in [0.15, 0.2) is 5.16 Å². The van der Waals surface area contributed by atoms with Crippen LogP contribution in [0.2, 0.25) is 0 Å². The normalized spacial score (nSPS) is 11.8. The number of ether oxygens (including phenoxy) is 1.